The van der Waals surface area contributed by atoms with Gasteiger partial charge in [-0.25, -0.2) is 4.39 Å². The van der Waals surface area contributed by atoms with E-state index in [1.807, 2.05) is 54.2 Å². The smallest absolute Gasteiger partial charge is 0.253 e. The van der Waals surface area contributed by atoms with Crippen LogP contribution in [0.4, 0.5) is 4.39 Å². The molecule has 5 nitrogen and oxygen atoms in total. The molecule has 0 aliphatic carbocycles. The Morgan fingerprint density at radius 2 is 1.63 bits per heavy atom. The van der Waals surface area contributed by atoms with Gasteiger partial charge in [0.15, 0.2) is 0 Å². The lowest BCUT2D eigenvalue weighted by Gasteiger charge is -2.51. The van der Waals surface area contributed by atoms with Gasteiger partial charge in [-0.1, -0.05) is 36.4 Å². The van der Waals surface area contributed by atoms with E-state index in [0.717, 1.165) is 6.54 Å². The first-order valence-electron chi connectivity index (χ1n) is 10.4. The van der Waals surface area contributed by atoms with Crippen molar-refractivity contribution < 1.29 is 14.0 Å². The predicted molar refractivity (Wildman–Crippen MR) is 114 cm³/mol. The summed E-state index contributed by atoms with van der Waals surface area (Å²) in [5.41, 5.74) is 1.05. The lowest BCUT2D eigenvalue weighted by atomic mass is 9.71. The van der Waals surface area contributed by atoms with Gasteiger partial charge in [0.25, 0.3) is 5.91 Å². The molecule has 158 valence electrons. The van der Waals surface area contributed by atoms with E-state index in [4.69, 9.17) is 0 Å². The van der Waals surface area contributed by atoms with Crippen LogP contribution in [0, 0.1) is 17.2 Å². The van der Waals surface area contributed by atoms with Gasteiger partial charge in [-0.05, 0) is 43.8 Å². The molecule has 0 radical (unpaired) electrons. The fraction of sp³-hybridized carbons (Fsp3) is 0.417. The lowest BCUT2D eigenvalue weighted by molar-refractivity contribution is -0.144. The average Bonchev–Trinajstić information content (AvgIpc) is 3.07. The second-order valence-electron chi connectivity index (χ2n) is 8.89. The van der Waals surface area contributed by atoms with Crippen LogP contribution in [0.15, 0.2) is 54.6 Å². The van der Waals surface area contributed by atoms with E-state index in [1.54, 1.807) is 18.2 Å². The van der Waals surface area contributed by atoms with Crippen molar-refractivity contribution in [3.8, 4) is 0 Å². The maximum absolute atomic E-state index is 13.9. The van der Waals surface area contributed by atoms with Crippen molar-refractivity contribution in [2.45, 2.75) is 6.42 Å². The molecule has 2 amide bonds. The first-order valence-corrected chi connectivity index (χ1v) is 10.4. The van der Waals surface area contributed by atoms with Crippen molar-refractivity contribution >= 4 is 11.8 Å². The maximum Gasteiger partial charge on any atom is 0.253 e. The number of benzene rings is 2. The Morgan fingerprint density at radius 1 is 1.00 bits per heavy atom. The van der Waals surface area contributed by atoms with Crippen LogP contribution in [0.25, 0.3) is 0 Å². The summed E-state index contributed by atoms with van der Waals surface area (Å²) in [7, 11) is 4.07. The summed E-state index contributed by atoms with van der Waals surface area (Å²) in [5.74, 6) is -0.0423. The van der Waals surface area contributed by atoms with E-state index in [0.29, 0.717) is 43.2 Å². The molecule has 1 unspecified atom stereocenters. The molecule has 1 spiro atoms. The monoisotopic (exact) mass is 409 g/mol. The third kappa shape index (κ3) is 3.97. The van der Waals surface area contributed by atoms with E-state index >= 15 is 0 Å². The molecule has 2 aromatic rings. The Balaban J connectivity index is 1.45. The minimum atomic E-state index is -0.341. The first-order chi connectivity index (χ1) is 14.4. The third-order valence-electron chi connectivity index (χ3n) is 6.37. The van der Waals surface area contributed by atoms with Crippen molar-refractivity contribution in [1.82, 2.24) is 14.7 Å². The first kappa shape index (κ1) is 20.5. The van der Waals surface area contributed by atoms with Crippen molar-refractivity contribution in [2.75, 3.05) is 46.8 Å². The number of carbonyl (C=O) groups excluding carboxylic acids is 2. The predicted octanol–water partition coefficient (Wildman–Crippen LogP) is 2.53. The molecule has 0 aromatic heterocycles. The van der Waals surface area contributed by atoms with Crippen LogP contribution in [-0.4, -0.2) is 73.3 Å². The van der Waals surface area contributed by atoms with Crippen molar-refractivity contribution in [3.05, 3.63) is 71.5 Å². The van der Waals surface area contributed by atoms with Gasteiger partial charge < -0.3 is 14.7 Å². The van der Waals surface area contributed by atoms with Gasteiger partial charge >= 0.3 is 0 Å². The average molecular weight is 410 g/mol. The van der Waals surface area contributed by atoms with E-state index < -0.39 is 0 Å². The molecule has 6 heteroatoms. The number of hydrogen-bond acceptors (Lipinski definition) is 3. The highest BCUT2D eigenvalue weighted by Crippen LogP contribution is 2.44. The molecule has 2 fully saturated rings. The van der Waals surface area contributed by atoms with Crippen LogP contribution in [0.3, 0.4) is 0 Å². The Bertz CT molecular complexity index is 925. The highest BCUT2D eigenvalue weighted by molar-refractivity contribution is 5.94. The van der Waals surface area contributed by atoms with Crippen LogP contribution in [-0.2, 0) is 11.2 Å². The van der Waals surface area contributed by atoms with E-state index in [-0.39, 0.29) is 29.5 Å². The zero-order chi connectivity index (χ0) is 21.3. The molecule has 2 aromatic carbocycles. The summed E-state index contributed by atoms with van der Waals surface area (Å²) in [4.78, 5) is 31.6. The molecule has 2 heterocycles. The van der Waals surface area contributed by atoms with Crippen molar-refractivity contribution in [2.24, 2.45) is 11.3 Å². The SMILES string of the molecule is CN(C)CC1CN(C(=O)c2ccccc2)CC12CN(C(=O)Cc1ccccc1F)C2. The summed E-state index contributed by atoms with van der Waals surface area (Å²) < 4.78 is 13.9. The highest BCUT2D eigenvalue weighted by atomic mass is 19.1. The number of amides is 2. The summed E-state index contributed by atoms with van der Waals surface area (Å²) in [6.45, 7) is 3.46. The number of nitrogens with zero attached hydrogens (tertiary/aromatic N) is 3. The van der Waals surface area contributed by atoms with Gasteiger partial charge in [0.2, 0.25) is 5.91 Å². The van der Waals surface area contributed by atoms with Gasteiger partial charge in [-0.3, -0.25) is 9.59 Å². The van der Waals surface area contributed by atoms with Crippen LogP contribution < -0.4 is 0 Å². The van der Waals surface area contributed by atoms with E-state index in [1.165, 1.54) is 6.07 Å². The number of rotatable bonds is 5. The van der Waals surface area contributed by atoms with Crippen molar-refractivity contribution in [1.29, 1.82) is 0 Å². The third-order valence-corrected chi connectivity index (χ3v) is 6.37. The topological polar surface area (TPSA) is 43.9 Å². The maximum atomic E-state index is 13.9. The molecule has 30 heavy (non-hydrogen) atoms. The zero-order valence-corrected chi connectivity index (χ0v) is 17.6. The molecule has 0 N–H and O–H groups in total. The molecule has 2 saturated heterocycles. The van der Waals surface area contributed by atoms with Crippen LogP contribution in [0.1, 0.15) is 15.9 Å². The summed E-state index contributed by atoms with van der Waals surface area (Å²) in [6, 6.07) is 15.8. The van der Waals surface area contributed by atoms with Gasteiger partial charge in [0, 0.05) is 43.7 Å². The molecular weight excluding hydrogens is 381 g/mol. The lowest BCUT2D eigenvalue weighted by Crippen LogP contribution is -2.63. The minimum Gasteiger partial charge on any atom is -0.341 e. The molecule has 2 aliphatic rings. The van der Waals surface area contributed by atoms with E-state index in [2.05, 4.69) is 4.90 Å². The van der Waals surface area contributed by atoms with Gasteiger partial charge in [0.1, 0.15) is 5.82 Å². The van der Waals surface area contributed by atoms with Crippen molar-refractivity contribution in [3.63, 3.8) is 0 Å². The van der Waals surface area contributed by atoms with Gasteiger partial charge in [0.05, 0.1) is 6.42 Å². The molecular formula is C24H28FN3O2. The number of hydrogen-bond donors (Lipinski definition) is 0. The number of carbonyl (C=O) groups is 2. The molecule has 0 saturated carbocycles. The fourth-order valence-corrected chi connectivity index (χ4v) is 4.81. The van der Waals surface area contributed by atoms with Gasteiger partial charge in [-0.2, -0.15) is 0 Å². The highest BCUT2D eigenvalue weighted by Gasteiger charge is 2.56. The zero-order valence-electron chi connectivity index (χ0n) is 17.6. The van der Waals surface area contributed by atoms with Crippen LogP contribution >= 0.6 is 0 Å². The second kappa shape index (κ2) is 8.19. The molecule has 2 aliphatic heterocycles. The van der Waals surface area contributed by atoms with Crippen LogP contribution in [0.5, 0.6) is 0 Å². The summed E-state index contributed by atoms with van der Waals surface area (Å²) in [6.07, 6.45) is 0.0771. The summed E-state index contributed by atoms with van der Waals surface area (Å²) >= 11 is 0. The van der Waals surface area contributed by atoms with E-state index in [9.17, 15) is 14.0 Å². The standard InChI is InChI=1S/C24H28FN3O2/c1-26(2)13-20-14-27(23(30)18-8-4-3-5-9-18)15-24(20)16-28(17-24)22(29)12-19-10-6-7-11-21(19)25/h3-11,20H,12-17H2,1-2H3. The second-order valence-corrected chi connectivity index (χ2v) is 8.89. The molecule has 0 bridgehead atoms. The van der Waals surface area contributed by atoms with Gasteiger partial charge in [-0.15, -0.1) is 0 Å². The fourth-order valence-electron chi connectivity index (χ4n) is 4.81. The molecule has 4 rings (SSSR count). The Morgan fingerprint density at radius 3 is 2.30 bits per heavy atom. The number of halogens is 1. The Hall–Kier alpha value is -2.73. The van der Waals surface area contributed by atoms with Crippen LogP contribution in [0.2, 0.25) is 0 Å². The Kier molecular flexibility index (Phi) is 5.60. The summed E-state index contributed by atoms with van der Waals surface area (Å²) in [5, 5.41) is 0. The largest absolute Gasteiger partial charge is 0.341 e. The minimum absolute atomic E-state index is 0.0485. The molecule has 1 atom stereocenters. The quantitative estimate of drug-likeness (QED) is 0.762. The number of likely N-dealkylation sites (tertiary alicyclic amines) is 2. The Labute approximate surface area is 177 Å². The normalized spacial score (nSPS) is 19.9.